The molecule has 0 aromatic heterocycles. The van der Waals surface area contributed by atoms with E-state index in [1.165, 1.54) is 11.3 Å². The lowest BCUT2D eigenvalue weighted by Gasteiger charge is -2.50. The van der Waals surface area contributed by atoms with Gasteiger partial charge in [0, 0.05) is 17.3 Å². The molecule has 0 saturated carbocycles. The number of rotatable bonds is 4. The molecule has 1 atom stereocenters. The molecule has 0 fully saturated rings. The zero-order valence-corrected chi connectivity index (χ0v) is 19.8. The van der Waals surface area contributed by atoms with Crippen LogP contribution in [0, 0.1) is 18.3 Å². The number of halogens is 1. The molecule has 31 heavy (non-hydrogen) atoms. The van der Waals surface area contributed by atoms with E-state index in [-0.39, 0.29) is 11.1 Å². The summed E-state index contributed by atoms with van der Waals surface area (Å²) in [6.45, 7) is 13.3. The van der Waals surface area contributed by atoms with E-state index in [1.807, 2.05) is 13.0 Å². The minimum atomic E-state index is -0.467. The van der Waals surface area contributed by atoms with Gasteiger partial charge < -0.3 is 10.2 Å². The van der Waals surface area contributed by atoms with E-state index in [4.69, 9.17) is 11.6 Å². The van der Waals surface area contributed by atoms with E-state index in [1.54, 1.807) is 30.3 Å². The van der Waals surface area contributed by atoms with Gasteiger partial charge in [0.15, 0.2) is 0 Å². The molecule has 0 spiro atoms. The minimum Gasteiger partial charge on any atom is -0.364 e. The number of para-hydroxylation sites is 1. The first kappa shape index (κ1) is 22.9. The zero-order valence-electron chi connectivity index (χ0n) is 19.1. The lowest BCUT2D eigenvalue weighted by Crippen LogP contribution is -2.51. The van der Waals surface area contributed by atoms with Gasteiger partial charge in [0.1, 0.15) is 11.6 Å². The van der Waals surface area contributed by atoms with E-state index in [0.29, 0.717) is 22.7 Å². The minimum absolute atomic E-state index is 0.0486. The standard InChI is InChI=1S/C26H30ClN3O/c1-16(2)30-24-11-17(3)19(13-21(24)18(4)14-26(30,5)6)12-20(15-28)25(31)29-23-10-8-7-9-22(23)27/h7-13,16,18H,14H2,1-6H3,(H,29,31)/b20-12-. The second-order valence-corrected chi connectivity index (χ2v) is 9.66. The SMILES string of the molecule is Cc1cc2c(cc1/C=C(/C#N)C(=O)Nc1ccccc1Cl)C(C)CC(C)(C)N2C(C)C. The van der Waals surface area contributed by atoms with Crippen molar-refractivity contribution in [2.24, 2.45) is 0 Å². The quantitative estimate of drug-likeness (QED) is 0.429. The second kappa shape index (κ2) is 8.77. The zero-order chi connectivity index (χ0) is 22.9. The number of hydrogen-bond acceptors (Lipinski definition) is 3. The maximum Gasteiger partial charge on any atom is 0.266 e. The van der Waals surface area contributed by atoms with E-state index in [2.05, 4.69) is 57.0 Å². The van der Waals surface area contributed by atoms with Gasteiger partial charge in [0.05, 0.1) is 10.7 Å². The van der Waals surface area contributed by atoms with Crippen LogP contribution in [-0.2, 0) is 4.79 Å². The normalized spacial score (nSPS) is 17.8. The number of amides is 1. The van der Waals surface area contributed by atoms with Gasteiger partial charge in [-0.05, 0) is 94.0 Å². The molecule has 1 aliphatic rings. The Labute approximate surface area is 190 Å². The molecular formula is C26H30ClN3O. The summed E-state index contributed by atoms with van der Waals surface area (Å²) in [5.41, 5.74) is 5.03. The highest BCUT2D eigenvalue weighted by atomic mass is 35.5. The maximum atomic E-state index is 12.7. The highest BCUT2D eigenvalue weighted by Gasteiger charge is 2.37. The second-order valence-electron chi connectivity index (χ2n) is 9.25. The molecule has 4 nitrogen and oxygen atoms in total. The van der Waals surface area contributed by atoms with Crippen molar-refractivity contribution in [3.8, 4) is 6.07 Å². The summed E-state index contributed by atoms with van der Waals surface area (Å²) in [5.74, 6) is -0.0825. The lowest BCUT2D eigenvalue weighted by molar-refractivity contribution is -0.112. The molecular weight excluding hydrogens is 406 g/mol. The highest BCUT2D eigenvalue weighted by molar-refractivity contribution is 6.34. The molecule has 0 aliphatic carbocycles. The molecule has 0 bridgehead atoms. The molecule has 162 valence electrons. The fourth-order valence-corrected chi connectivity index (χ4v) is 4.99. The maximum absolute atomic E-state index is 12.7. The van der Waals surface area contributed by atoms with E-state index in [9.17, 15) is 10.1 Å². The fourth-order valence-electron chi connectivity index (χ4n) is 4.80. The van der Waals surface area contributed by atoms with Crippen molar-refractivity contribution >= 4 is 35.0 Å². The van der Waals surface area contributed by atoms with Crippen molar-refractivity contribution in [2.75, 3.05) is 10.2 Å². The summed E-state index contributed by atoms with van der Waals surface area (Å²) in [4.78, 5) is 15.2. The number of anilines is 2. The molecule has 1 N–H and O–H groups in total. The molecule has 1 amide bonds. The Bertz CT molecular complexity index is 1080. The molecule has 5 heteroatoms. The fraction of sp³-hybridized carbons (Fsp3) is 0.385. The third-order valence-electron chi connectivity index (χ3n) is 5.97. The molecule has 1 aliphatic heterocycles. The van der Waals surface area contributed by atoms with Gasteiger partial charge in [-0.25, -0.2) is 0 Å². The van der Waals surface area contributed by atoms with Crippen LogP contribution in [0.4, 0.5) is 11.4 Å². The number of nitrogens with zero attached hydrogens (tertiary/aromatic N) is 2. The predicted octanol–water partition coefficient (Wildman–Crippen LogP) is 6.69. The van der Waals surface area contributed by atoms with Crippen LogP contribution in [0.2, 0.25) is 5.02 Å². The van der Waals surface area contributed by atoms with Gasteiger partial charge in [-0.2, -0.15) is 5.26 Å². The average Bonchev–Trinajstić information content (AvgIpc) is 2.67. The summed E-state index contributed by atoms with van der Waals surface area (Å²) in [7, 11) is 0. The van der Waals surface area contributed by atoms with Crippen molar-refractivity contribution in [2.45, 2.75) is 65.5 Å². The molecule has 2 aromatic carbocycles. The largest absolute Gasteiger partial charge is 0.364 e. The van der Waals surface area contributed by atoms with Crippen LogP contribution in [0.15, 0.2) is 42.0 Å². The van der Waals surface area contributed by atoms with Gasteiger partial charge in [0.25, 0.3) is 5.91 Å². The Morgan fingerprint density at radius 2 is 2.00 bits per heavy atom. The summed E-state index contributed by atoms with van der Waals surface area (Å²) < 4.78 is 0. The first-order valence-corrected chi connectivity index (χ1v) is 11.0. The van der Waals surface area contributed by atoms with Crippen molar-refractivity contribution < 1.29 is 4.79 Å². The van der Waals surface area contributed by atoms with E-state index >= 15 is 0 Å². The lowest BCUT2D eigenvalue weighted by atomic mass is 9.78. The van der Waals surface area contributed by atoms with E-state index < -0.39 is 5.91 Å². The van der Waals surface area contributed by atoms with Crippen molar-refractivity contribution in [3.63, 3.8) is 0 Å². The van der Waals surface area contributed by atoms with Crippen molar-refractivity contribution in [1.29, 1.82) is 5.26 Å². The molecule has 3 rings (SSSR count). The van der Waals surface area contributed by atoms with Crippen LogP contribution in [0.3, 0.4) is 0 Å². The van der Waals surface area contributed by atoms with Crippen molar-refractivity contribution in [1.82, 2.24) is 0 Å². The van der Waals surface area contributed by atoms with Crippen LogP contribution in [0.25, 0.3) is 6.08 Å². The van der Waals surface area contributed by atoms with Crippen LogP contribution < -0.4 is 10.2 Å². The average molecular weight is 436 g/mol. The molecule has 0 radical (unpaired) electrons. The third-order valence-corrected chi connectivity index (χ3v) is 6.30. The van der Waals surface area contributed by atoms with Crippen molar-refractivity contribution in [3.05, 3.63) is 63.7 Å². The first-order chi connectivity index (χ1) is 14.5. The smallest absolute Gasteiger partial charge is 0.266 e. The van der Waals surface area contributed by atoms with Crippen LogP contribution in [-0.4, -0.2) is 17.5 Å². The Morgan fingerprint density at radius 3 is 2.61 bits per heavy atom. The van der Waals surface area contributed by atoms with Gasteiger partial charge in [0.2, 0.25) is 0 Å². The molecule has 1 unspecified atom stereocenters. The summed E-state index contributed by atoms with van der Waals surface area (Å²) in [6, 6.07) is 13.7. The van der Waals surface area contributed by atoms with Gasteiger partial charge in [-0.3, -0.25) is 4.79 Å². The number of nitrogens with one attached hydrogen (secondary N) is 1. The summed E-state index contributed by atoms with van der Waals surface area (Å²) >= 11 is 6.14. The van der Waals surface area contributed by atoms with Crippen LogP contribution in [0.1, 0.15) is 63.6 Å². The number of aryl methyl sites for hydroxylation is 1. The van der Waals surface area contributed by atoms with Crippen LogP contribution >= 0.6 is 11.6 Å². The topological polar surface area (TPSA) is 56.1 Å². The third kappa shape index (κ3) is 4.62. The first-order valence-electron chi connectivity index (χ1n) is 10.7. The Balaban J connectivity index is 2.01. The number of nitriles is 1. The predicted molar refractivity (Wildman–Crippen MR) is 130 cm³/mol. The van der Waals surface area contributed by atoms with Gasteiger partial charge >= 0.3 is 0 Å². The van der Waals surface area contributed by atoms with E-state index in [0.717, 1.165) is 17.5 Å². The molecule has 0 saturated heterocycles. The van der Waals surface area contributed by atoms with Crippen LogP contribution in [0.5, 0.6) is 0 Å². The number of hydrogen-bond donors (Lipinski definition) is 1. The molecule has 2 aromatic rings. The van der Waals surface area contributed by atoms with Gasteiger partial charge in [-0.15, -0.1) is 0 Å². The number of fused-ring (bicyclic) bond motifs is 1. The summed E-state index contributed by atoms with van der Waals surface area (Å²) in [5, 5.41) is 12.8. The Kier molecular flexibility index (Phi) is 6.48. The molecule has 1 heterocycles. The highest BCUT2D eigenvalue weighted by Crippen LogP contribution is 2.45. The number of carbonyl (C=O) groups excluding carboxylic acids is 1. The monoisotopic (exact) mass is 435 g/mol. The Morgan fingerprint density at radius 1 is 1.32 bits per heavy atom. The number of carbonyl (C=O) groups is 1. The Hall–Kier alpha value is -2.77. The summed E-state index contributed by atoms with van der Waals surface area (Å²) in [6.07, 6.45) is 2.72. The number of benzene rings is 2. The van der Waals surface area contributed by atoms with Gasteiger partial charge in [-0.1, -0.05) is 30.7 Å².